The van der Waals surface area contributed by atoms with Gasteiger partial charge in [0.15, 0.2) is 0 Å². The van der Waals surface area contributed by atoms with Crippen LogP contribution in [0.2, 0.25) is 0 Å². The number of benzene rings is 2. The van der Waals surface area contributed by atoms with Crippen LogP contribution in [0.25, 0.3) is 0 Å². The molecule has 6 N–H and O–H groups in total. The van der Waals surface area contributed by atoms with Crippen molar-refractivity contribution in [1.29, 1.82) is 0 Å². The van der Waals surface area contributed by atoms with E-state index in [4.69, 9.17) is 10.9 Å². The number of halogens is 2. The highest BCUT2D eigenvalue weighted by atomic mass is 19.3. The van der Waals surface area contributed by atoms with E-state index in [0.29, 0.717) is 16.8 Å². The van der Waals surface area contributed by atoms with Crippen LogP contribution >= 0.6 is 0 Å². The van der Waals surface area contributed by atoms with Gasteiger partial charge in [0.05, 0.1) is 0 Å². The Hall–Kier alpha value is -4.25. The van der Waals surface area contributed by atoms with Gasteiger partial charge in [-0.25, -0.2) is 14.3 Å². The number of nitrogens with one attached hydrogen (secondary N) is 3. The van der Waals surface area contributed by atoms with Crippen LogP contribution in [0.4, 0.5) is 14.5 Å². The summed E-state index contributed by atoms with van der Waals surface area (Å²) in [5.41, 5.74) is 6.25. The summed E-state index contributed by atoms with van der Waals surface area (Å²) in [7, 11) is 0. The normalized spacial score (nSPS) is 12.7. The maximum Gasteiger partial charge on any atom is 0.268 e. The van der Waals surface area contributed by atoms with E-state index in [1.807, 2.05) is 0 Å². The van der Waals surface area contributed by atoms with Crippen LogP contribution in [0.15, 0.2) is 48.5 Å². The van der Waals surface area contributed by atoms with Gasteiger partial charge in [-0.2, -0.15) is 0 Å². The second-order valence-electron chi connectivity index (χ2n) is 7.39. The predicted molar refractivity (Wildman–Crippen MR) is 121 cm³/mol. The van der Waals surface area contributed by atoms with Gasteiger partial charge in [0, 0.05) is 29.3 Å². The fourth-order valence-corrected chi connectivity index (χ4v) is 2.66. The SMILES string of the molecule is CC(=O)Nc1ccc(C#CC#Cc2ccc(C(=O)NC(C(=O)NO)C(C)(N)C(F)F)cc2)cc1. The molecule has 10 heteroatoms. The molecule has 2 rings (SSSR count). The summed E-state index contributed by atoms with van der Waals surface area (Å²) in [6.07, 6.45) is -3.15. The lowest BCUT2D eigenvalue weighted by Crippen LogP contribution is -2.66. The van der Waals surface area contributed by atoms with Gasteiger partial charge >= 0.3 is 0 Å². The van der Waals surface area contributed by atoms with Crippen LogP contribution < -0.4 is 21.8 Å². The smallest absolute Gasteiger partial charge is 0.268 e. The lowest BCUT2D eigenvalue weighted by molar-refractivity contribution is -0.134. The maximum atomic E-state index is 13.2. The second-order valence-corrected chi connectivity index (χ2v) is 7.39. The first-order valence-electron chi connectivity index (χ1n) is 9.86. The van der Waals surface area contributed by atoms with Crippen LogP contribution in [0.5, 0.6) is 0 Å². The first-order chi connectivity index (χ1) is 16.0. The molecule has 0 aliphatic rings. The summed E-state index contributed by atoms with van der Waals surface area (Å²) in [4.78, 5) is 35.2. The van der Waals surface area contributed by atoms with Crippen molar-refractivity contribution in [3.63, 3.8) is 0 Å². The molecule has 0 fully saturated rings. The van der Waals surface area contributed by atoms with Crippen LogP contribution in [-0.2, 0) is 9.59 Å². The third-order valence-corrected chi connectivity index (χ3v) is 4.57. The minimum Gasteiger partial charge on any atom is -0.338 e. The number of rotatable bonds is 6. The second kappa shape index (κ2) is 11.6. The lowest BCUT2D eigenvalue weighted by atomic mass is 9.92. The van der Waals surface area contributed by atoms with E-state index in [2.05, 4.69) is 34.3 Å². The number of hydrogen-bond donors (Lipinski definition) is 5. The standard InChI is InChI=1S/C24H22F2N4O4/c1-15(31)28-19-13-9-17(10-14-19)6-4-3-5-16-7-11-18(12-8-16)21(32)29-20(22(33)30-34)24(2,27)23(25)26/h7-14,20,23,34H,27H2,1-2H3,(H,28,31)(H,29,32)(H,30,33). The molecule has 2 atom stereocenters. The van der Waals surface area contributed by atoms with Gasteiger partial charge < -0.3 is 16.4 Å². The zero-order valence-electron chi connectivity index (χ0n) is 18.3. The van der Waals surface area contributed by atoms with Crippen LogP contribution in [0.3, 0.4) is 0 Å². The molecule has 34 heavy (non-hydrogen) atoms. The summed E-state index contributed by atoms with van der Waals surface area (Å²) in [6.45, 7) is 2.30. The quantitative estimate of drug-likeness (QED) is 0.250. The Balaban J connectivity index is 2.06. The number of nitrogens with two attached hydrogens (primary N) is 1. The minimum absolute atomic E-state index is 0.0664. The minimum atomic E-state index is -3.15. The average molecular weight is 468 g/mol. The lowest BCUT2D eigenvalue weighted by Gasteiger charge is -2.32. The van der Waals surface area contributed by atoms with E-state index in [1.54, 1.807) is 24.3 Å². The number of hydroxylamine groups is 1. The van der Waals surface area contributed by atoms with Gasteiger partial charge in [-0.3, -0.25) is 19.6 Å². The van der Waals surface area contributed by atoms with E-state index in [1.165, 1.54) is 36.7 Å². The zero-order valence-corrected chi connectivity index (χ0v) is 18.3. The van der Waals surface area contributed by atoms with E-state index in [9.17, 15) is 23.2 Å². The van der Waals surface area contributed by atoms with Crippen LogP contribution in [0, 0.1) is 23.7 Å². The van der Waals surface area contributed by atoms with Gasteiger partial charge in [-0.05, 0) is 67.3 Å². The molecule has 0 saturated carbocycles. The van der Waals surface area contributed by atoms with E-state index in [-0.39, 0.29) is 11.5 Å². The van der Waals surface area contributed by atoms with Crippen molar-refractivity contribution in [3.8, 4) is 23.7 Å². The third-order valence-electron chi connectivity index (χ3n) is 4.57. The molecule has 0 bridgehead atoms. The van der Waals surface area contributed by atoms with Crippen molar-refractivity contribution in [2.45, 2.75) is 31.9 Å². The van der Waals surface area contributed by atoms with Crippen molar-refractivity contribution in [2.75, 3.05) is 5.32 Å². The molecule has 0 aromatic heterocycles. The highest BCUT2D eigenvalue weighted by Crippen LogP contribution is 2.18. The van der Waals surface area contributed by atoms with Crippen molar-refractivity contribution >= 4 is 23.4 Å². The molecule has 0 radical (unpaired) electrons. The fraction of sp³-hybridized carbons (Fsp3) is 0.208. The molecule has 2 aromatic carbocycles. The highest BCUT2D eigenvalue weighted by molar-refractivity contribution is 5.98. The Morgan fingerprint density at radius 1 is 0.971 bits per heavy atom. The molecule has 0 spiro atoms. The number of anilines is 1. The van der Waals surface area contributed by atoms with Crippen molar-refractivity contribution in [2.24, 2.45) is 5.73 Å². The monoisotopic (exact) mass is 468 g/mol. The zero-order chi connectivity index (χ0) is 25.3. The van der Waals surface area contributed by atoms with Crippen molar-refractivity contribution in [1.82, 2.24) is 10.8 Å². The number of alkyl halides is 2. The number of carbonyl (C=O) groups excluding carboxylic acids is 3. The summed E-state index contributed by atoms with van der Waals surface area (Å²) < 4.78 is 26.4. The molecule has 3 amide bonds. The molecule has 0 aliphatic carbocycles. The summed E-state index contributed by atoms with van der Waals surface area (Å²) >= 11 is 0. The van der Waals surface area contributed by atoms with Crippen LogP contribution in [-0.4, -0.2) is 40.9 Å². The third kappa shape index (κ3) is 7.14. The first-order valence-corrected chi connectivity index (χ1v) is 9.86. The molecule has 8 nitrogen and oxygen atoms in total. The Labute approximate surface area is 194 Å². The molecular weight excluding hydrogens is 446 g/mol. The molecule has 2 unspecified atom stereocenters. The highest BCUT2D eigenvalue weighted by Gasteiger charge is 2.44. The Morgan fingerprint density at radius 2 is 1.47 bits per heavy atom. The van der Waals surface area contributed by atoms with Gasteiger partial charge in [-0.15, -0.1) is 0 Å². The summed E-state index contributed by atoms with van der Waals surface area (Å²) in [5.74, 6) is 8.73. The number of hydrogen-bond acceptors (Lipinski definition) is 5. The summed E-state index contributed by atoms with van der Waals surface area (Å²) in [5, 5.41) is 13.6. The fourth-order valence-electron chi connectivity index (χ4n) is 2.66. The van der Waals surface area contributed by atoms with Crippen molar-refractivity contribution < 1.29 is 28.4 Å². The Bertz CT molecular complexity index is 1170. The molecule has 0 saturated heterocycles. The Kier molecular flexibility index (Phi) is 8.85. The molecule has 176 valence electrons. The van der Waals surface area contributed by atoms with E-state index >= 15 is 0 Å². The van der Waals surface area contributed by atoms with Gasteiger partial charge in [0.1, 0.15) is 11.6 Å². The first kappa shape index (κ1) is 26.0. The van der Waals surface area contributed by atoms with E-state index < -0.39 is 29.8 Å². The molecule has 2 aromatic rings. The Morgan fingerprint density at radius 3 is 1.91 bits per heavy atom. The van der Waals surface area contributed by atoms with Crippen molar-refractivity contribution in [3.05, 3.63) is 65.2 Å². The number of amides is 3. The maximum absolute atomic E-state index is 13.2. The van der Waals surface area contributed by atoms with Gasteiger partial charge in [0.2, 0.25) is 5.91 Å². The van der Waals surface area contributed by atoms with Crippen LogP contribution in [0.1, 0.15) is 35.3 Å². The average Bonchev–Trinajstić information content (AvgIpc) is 2.80. The van der Waals surface area contributed by atoms with Gasteiger partial charge in [-0.1, -0.05) is 11.8 Å². The predicted octanol–water partition coefficient (Wildman–Crippen LogP) is 1.63. The largest absolute Gasteiger partial charge is 0.338 e. The molecular formula is C24H22F2N4O4. The molecule has 0 heterocycles. The topological polar surface area (TPSA) is 134 Å². The van der Waals surface area contributed by atoms with E-state index in [0.717, 1.165) is 6.92 Å². The number of carbonyl (C=O) groups is 3. The van der Waals surface area contributed by atoms with Gasteiger partial charge in [0.25, 0.3) is 18.2 Å². The molecule has 0 aliphatic heterocycles. The summed E-state index contributed by atoms with van der Waals surface area (Å²) in [6, 6.07) is 10.8.